The van der Waals surface area contributed by atoms with Crippen molar-refractivity contribution in [1.29, 1.82) is 0 Å². The van der Waals surface area contributed by atoms with E-state index in [-0.39, 0.29) is 0 Å². The van der Waals surface area contributed by atoms with Crippen LogP contribution in [0.25, 0.3) is 0 Å². The van der Waals surface area contributed by atoms with Gasteiger partial charge in [-0.2, -0.15) is 0 Å². The summed E-state index contributed by atoms with van der Waals surface area (Å²) in [7, 11) is 0. The molecule has 0 radical (unpaired) electrons. The van der Waals surface area contributed by atoms with Gasteiger partial charge in [-0.1, -0.05) is 6.92 Å². The molecule has 0 aromatic carbocycles. The molecule has 0 aliphatic rings. The van der Waals surface area contributed by atoms with Gasteiger partial charge in [0.15, 0.2) is 0 Å². The molecule has 0 amide bonds. The Hall–Kier alpha value is -0.540. The summed E-state index contributed by atoms with van der Waals surface area (Å²) in [5, 5.41) is 0. The minimum absolute atomic E-state index is 0.650. The fraction of sp³-hybridized carbons (Fsp3) is 0.636. The SMILES string of the molecule is CCCOCCOc1cc(C)sc1C. The molecule has 1 aromatic heterocycles. The summed E-state index contributed by atoms with van der Waals surface area (Å²) in [4.78, 5) is 2.55. The molecule has 1 heterocycles. The van der Waals surface area contributed by atoms with Crippen LogP contribution >= 0.6 is 11.3 Å². The third-order valence-corrected chi connectivity index (χ3v) is 2.78. The van der Waals surface area contributed by atoms with Gasteiger partial charge in [-0.25, -0.2) is 0 Å². The molecule has 1 aromatic rings. The van der Waals surface area contributed by atoms with Crippen molar-refractivity contribution in [2.45, 2.75) is 27.2 Å². The molecule has 0 aliphatic carbocycles. The van der Waals surface area contributed by atoms with E-state index in [1.54, 1.807) is 11.3 Å². The first-order valence-electron chi connectivity index (χ1n) is 5.01. The molecule has 2 nitrogen and oxygen atoms in total. The first-order chi connectivity index (χ1) is 6.74. The third kappa shape index (κ3) is 3.68. The summed E-state index contributed by atoms with van der Waals surface area (Å²) >= 11 is 1.77. The predicted molar refractivity (Wildman–Crippen MR) is 60.4 cm³/mol. The van der Waals surface area contributed by atoms with Gasteiger partial charge in [0.2, 0.25) is 0 Å². The zero-order valence-electron chi connectivity index (χ0n) is 9.13. The lowest BCUT2D eigenvalue weighted by atomic mass is 10.4. The van der Waals surface area contributed by atoms with Crippen LogP contribution in [0.4, 0.5) is 0 Å². The molecular formula is C11H18O2S. The first-order valence-corrected chi connectivity index (χ1v) is 5.83. The Morgan fingerprint density at radius 2 is 2.00 bits per heavy atom. The van der Waals surface area contributed by atoms with Gasteiger partial charge < -0.3 is 9.47 Å². The van der Waals surface area contributed by atoms with Crippen LogP contribution in [0.3, 0.4) is 0 Å². The summed E-state index contributed by atoms with van der Waals surface area (Å²) < 4.78 is 10.9. The van der Waals surface area contributed by atoms with Crippen LogP contribution in [-0.2, 0) is 4.74 Å². The standard InChI is InChI=1S/C11H18O2S/c1-4-5-12-6-7-13-11-8-9(2)14-10(11)3/h8H,4-7H2,1-3H3. The van der Waals surface area contributed by atoms with Gasteiger partial charge in [0.05, 0.1) is 6.61 Å². The van der Waals surface area contributed by atoms with E-state index in [0.29, 0.717) is 13.2 Å². The van der Waals surface area contributed by atoms with E-state index in [1.807, 2.05) is 0 Å². The van der Waals surface area contributed by atoms with E-state index in [9.17, 15) is 0 Å². The van der Waals surface area contributed by atoms with Gasteiger partial charge in [-0.15, -0.1) is 11.3 Å². The quantitative estimate of drug-likeness (QED) is 0.677. The number of thiophene rings is 1. The highest BCUT2D eigenvalue weighted by molar-refractivity contribution is 7.12. The molecule has 0 saturated heterocycles. The molecule has 0 spiro atoms. The van der Waals surface area contributed by atoms with E-state index < -0.39 is 0 Å². The Balaban J connectivity index is 2.21. The Morgan fingerprint density at radius 1 is 1.21 bits per heavy atom. The highest BCUT2D eigenvalue weighted by atomic mass is 32.1. The van der Waals surface area contributed by atoms with Crippen molar-refractivity contribution in [2.75, 3.05) is 19.8 Å². The van der Waals surface area contributed by atoms with Gasteiger partial charge in [-0.3, -0.25) is 0 Å². The second kappa shape index (κ2) is 6.04. The van der Waals surface area contributed by atoms with E-state index in [2.05, 4.69) is 26.8 Å². The molecule has 3 heteroatoms. The number of hydrogen-bond donors (Lipinski definition) is 0. The average Bonchev–Trinajstić information content (AvgIpc) is 2.45. The molecule has 0 bridgehead atoms. The summed E-state index contributed by atoms with van der Waals surface area (Å²) in [5.74, 6) is 1.01. The molecule has 0 N–H and O–H groups in total. The topological polar surface area (TPSA) is 18.5 Å². The lowest BCUT2D eigenvalue weighted by molar-refractivity contribution is 0.101. The third-order valence-electron chi connectivity index (χ3n) is 1.83. The van der Waals surface area contributed by atoms with E-state index in [0.717, 1.165) is 18.8 Å². The monoisotopic (exact) mass is 214 g/mol. The van der Waals surface area contributed by atoms with Crippen LogP contribution in [0.15, 0.2) is 6.07 Å². The van der Waals surface area contributed by atoms with Crippen LogP contribution in [0.2, 0.25) is 0 Å². The fourth-order valence-electron chi connectivity index (χ4n) is 1.21. The van der Waals surface area contributed by atoms with Crippen molar-refractivity contribution < 1.29 is 9.47 Å². The minimum atomic E-state index is 0.650. The molecule has 0 aliphatic heterocycles. The van der Waals surface area contributed by atoms with Crippen molar-refractivity contribution in [3.05, 3.63) is 15.8 Å². The summed E-state index contributed by atoms with van der Waals surface area (Å²) in [6, 6.07) is 2.08. The van der Waals surface area contributed by atoms with Crippen LogP contribution in [0.1, 0.15) is 23.1 Å². The summed E-state index contributed by atoms with van der Waals surface area (Å²) in [6.07, 6.45) is 1.07. The molecule has 0 saturated carbocycles. The molecular weight excluding hydrogens is 196 g/mol. The maximum atomic E-state index is 5.59. The van der Waals surface area contributed by atoms with Crippen LogP contribution in [0, 0.1) is 13.8 Å². The highest BCUT2D eigenvalue weighted by Crippen LogP contribution is 2.27. The Labute approximate surface area is 89.9 Å². The van der Waals surface area contributed by atoms with Crippen LogP contribution in [-0.4, -0.2) is 19.8 Å². The zero-order chi connectivity index (χ0) is 10.4. The lowest BCUT2D eigenvalue weighted by Crippen LogP contribution is -2.07. The zero-order valence-corrected chi connectivity index (χ0v) is 9.95. The second-order valence-electron chi connectivity index (χ2n) is 3.24. The molecule has 0 fully saturated rings. The first kappa shape index (κ1) is 11.5. The molecule has 14 heavy (non-hydrogen) atoms. The van der Waals surface area contributed by atoms with Gasteiger partial charge >= 0.3 is 0 Å². The summed E-state index contributed by atoms with van der Waals surface area (Å²) in [6.45, 7) is 8.44. The average molecular weight is 214 g/mol. The van der Waals surface area contributed by atoms with E-state index in [4.69, 9.17) is 9.47 Å². The fourth-order valence-corrected chi connectivity index (χ4v) is 2.08. The second-order valence-corrected chi connectivity index (χ2v) is 4.70. The van der Waals surface area contributed by atoms with Crippen molar-refractivity contribution in [1.82, 2.24) is 0 Å². The maximum absolute atomic E-state index is 5.59. The molecule has 0 unspecified atom stereocenters. The Morgan fingerprint density at radius 3 is 2.57 bits per heavy atom. The smallest absolute Gasteiger partial charge is 0.133 e. The van der Waals surface area contributed by atoms with Crippen LogP contribution in [0.5, 0.6) is 5.75 Å². The number of ether oxygens (including phenoxy) is 2. The van der Waals surface area contributed by atoms with Gasteiger partial charge in [0.25, 0.3) is 0 Å². The molecule has 80 valence electrons. The number of aryl methyl sites for hydroxylation is 2. The largest absolute Gasteiger partial charge is 0.490 e. The minimum Gasteiger partial charge on any atom is -0.490 e. The van der Waals surface area contributed by atoms with Gasteiger partial charge in [0, 0.05) is 16.4 Å². The molecule has 1 rings (SSSR count). The number of rotatable bonds is 6. The maximum Gasteiger partial charge on any atom is 0.133 e. The van der Waals surface area contributed by atoms with Crippen molar-refractivity contribution in [2.24, 2.45) is 0 Å². The summed E-state index contributed by atoms with van der Waals surface area (Å²) in [5.41, 5.74) is 0. The lowest BCUT2D eigenvalue weighted by Gasteiger charge is -2.05. The Kier molecular flexibility index (Phi) is 4.98. The van der Waals surface area contributed by atoms with Crippen molar-refractivity contribution in [3.63, 3.8) is 0 Å². The van der Waals surface area contributed by atoms with Gasteiger partial charge in [-0.05, 0) is 26.3 Å². The number of hydrogen-bond acceptors (Lipinski definition) is 3. The predicted octanol–water partition coefficient (Wildman–Crippen LogP) is 3.17. The van der Waals surface area contributed by atoms with Crippen molar-refractivity contribution in [3.8, 4) is 5.75 Å². The van der Waals surface area contributed by atoms with E-state index >= 15 is 0 Å². The van der Waals surface area contributed by atoms with E-state index in [1.165, 1.54) is 9.75 Å². The molecule has 0 atom stereocenters. The van der Waals surface area contributed by atoms with Crippen LogP contribution < -0.4 is 4.74 Å². The van der Waals surface area contributed by atoms with Crippen molar-refractivity contribution >= 4 is 11.3 Å². The van der Waals surface area contributed by atoms with Gasteiger partial charge in [0.1, 0.15) is 12.4 Å². The Bertz CT molecular complexity index is 268. The highest BCUT2D eigenvalue weighted by Gasteiger charge is 2.02. The normalized spacial score (nSPS) is 10.5.